The fourth-order valence-electron chi connectivity index (χ4n) is 4.21. The number of nitrogens with zero attached hydrogens (tertiary/aromatic N) is 1. The van der Waals surface area contributed by atoms with Crippen LogP contribution in [0.2, 0.25) is 0 Å². The predicted molar refractivity (Wildman–Crippen MR) is 124 cm³/mol. The summed E-state index contributed by atoms with van der Waals surface area (Å²) in [5, 5.41) is 3.51. The fourth-order valence-corrected chi connectivity index (χ4v) is 4.21. The molecule has 32 heavy (non-hydrogen) atoms. The molecule has 4 rings (SSSR count). The summed E-state index contributed by atoms with van der Waals surface area (Å²) < 4.78 is 15.8. The molecule has 2 heterocycles. The van der Waals surface area contributed by atoms with Gasteiger partial charge in [0, 0.05) is 47.6 Å². The van der Waals surface area contributed by atoms with Crippen molar-refractivity contribution in [3.63, 3.8) is 0 Å². The number of rotatable bonds is 7. The zero-order valence-electron chi connectivity index (χ0n) is 18.9. The predicted octanol–water partition coefficient (Wildman–Crippen LogP) is 5.03. The summed E-state index contributed by atoms with van der Waals surface area (Å²) in [4.78, 5) is 16.0. The number of hydrogen-bond donors (Lipinski definition) is 1. The zero-order valence-corrected chi connectivity index (χ0v) is 18.9. The van der Waals surface area contributed by atoms with Crippen molar-refractivity contribution in [2.45, 2.75) is 32.7 Å². The lowest BCUT2D eigenvalue weighted by Gasteiger charge is -2.16. The second-order valence-electron chi connectivity index (χ2n) is 8.03. The van der Waals surface area contributed by atoms with Crippen LogP contribution in [0.5, 0.6) is 11.6 Å². The first-order valence-corrected chi connectivity index (χ1v) is 10.7. The molecule has 0 radical (unpaired) electrons. The molecule has 1 aliphatic rings. The number of nitrogens with one attached hydrogen (secondary N) is 1. The molecule has 3 aromatic rings. The van der Waals surface area contributed by atoms with E-state index in [0.717, 1.165) is 22.6 Å². The maximum absolute atomic E-state index is 11.6. The number of carbonyl (C=O) groups is 1. The molecule has 0 saturated carbocycles. The fraction of sp³-hybridized carbons (Fsp3) is 0.308. The summed E-state index contributed by atoms with van der Waals surface area (Å²) in [5.74, 6) is 1.27. The van der Waals surface area contributed by atoms with Crippen molar-refractivity contribution in [1.29, 1.82) is 0 Å². The molecule has 0 bridgehead atoms. The molecule has 6 heteroatoms. The van der Waals surface area contributed by atoms with Crippen LogP contribution in [0, 0.1) is 13.8 Å². The third-order valence-corrected chi connectivity index (χ3v) is 6.04. The van der Waals surface area contributed by atoms with Crippen LogP contribution < -0.4 is 14.8 Å². The second-order valence-corrected chi connectivity index (χ2v) is 8.03. The van der Waals surface area contributed by atoms with Crippen LogP contribution >= 0.6 is 0 Å². The Balaban J connectivity index is 1.50. The minimum atomic E-state index is -0.216. The average molecular weight is 433 g/mol. The number of ether oxygens (including phenoxy) is 3. The highest BCUT2D eigenvalue weighted by Crippen LogP contribution is 2.38. The van der Waals surface area contributed by atoms with Crippen molar-refractivity contribution in [3.8, 4) is 22.8 Å². The van der Waals surface area contributed by atoms with Gasteiger partial charge in [-0.05, 0) is 48.2 Å². The molecule has 1 aromatic heterocycles. The van der Waals surface area contributed by atoms with Crippen LogP contribution in [0.4, 0.5) is 5.69 Å². The number of carbonyl (C=O) groups excluding carboxylic acids is 1. The average Bonchev–Trinajstić information content (AvgIpc) is 3.20. The molecule has 0 unspecified atom stereocenters. The lowest BCUT2D eigenvalue weighted by Crippen LogP contribution is -2.09. The van der Waals surface area contributed by atoms with Crippen LogP contribution in [-0.4, -0.2) is 31.8 Å². The first kappa shape index (κ1) is 21.7. The van der Waals surface area contributed by atoms with Gasteiger partial charge < -0.3 is 19.5 Å². The number of esters is 1. The van der Waals surface area contributed by atoms with Crippen molar-refractivity contribution in [2.75, 3.05) is 26.1 Å². The lowest BCUT2D eigenvalue weighted by atomic mass is 9.93. The van der Waals surface area contributed by atoms with Gasteiger partial charge in [0.25, 0.3) is 0 Å². The highest BCUT2D eigenvalue weighted by Gasteiger charge is 2.27. The quantitative estimate of drug-likeness (QED) is 0.529. The van der Waals surface area contributed by atoms with E-state index in [1.807, 2.05) is 36.5 Å². The minimum Gasteiger partial charge on any atom is -0.493 e. The van der Waals surface area contributed by atoms with Gasteiger partial charge in [0.15, 0.2) is 0 Å². The van der Waals surface area contributed by atoms with E-state index < -0.39 is 0 Å². The third-order valence-electron chi connectivity index (χ3n) is 6.04. The summed E-state index contributed by atoms with van der Waals surface area (Å²) in [6.07, 6.45) is 2.19. The molecule has 1 aliphatic heterocycles. The van der Waals surface area contributed by atoms with Crippen molar-refractivity contribution < 1.29 is 19.0 Å². The van der Waals surface area contributed by atoms with Gasteiger partial charge in [-0.25, -0.2) is 4.98 Å². The number of benzene rings is 2. The molecule has 0 aliphatic carbocycles. The Hall–Kier alpha value is -3.54. The molecule has 1 N–H and O–H groups in total. The highest BCUT2D eigenvalue weighted by molar-refractivity contribution is 5.72. The summed E-state index contributed by atoms with van der Waals surface area (Å²) >= 11 is 0. The molecule has 1 atom stereocenters. The van der Waals surface area contributed by atoms with Gasteiger partial charge in [0.2, 0.25) is 5.88 Å². The number of methoxy groups -OCH3 is 2. The maximum atomic E-state index is 11.6. The van der Waals surface area contributed by atoms with Crippen LogP contribution in [0.1, 0.15) is 34.6 Å². The first-order valence-electron chi connectivity index (χ1n) is 10.7. The number of fused-ring (bicyclic) bond motifs is 1. The van der Waals surface area contributed by atoms with E-state index in [0.29, 0.717) is 25.5 Å². The van der Waals surface area contributed by atoms with Crippen molar-refractivity contribution >= 4 is 11.7 Å². The van der Waals surface area contributed by atoms with Crippen molar-refractivity contribution in [1.82, 2.24) is 4.98 Å². The highest BCUT2D eigenvalue weighted by atomic mass is 16.5. The van der Waals surface area contributed by atoms with Gasteiger partial charge >= 0.3 is 5.97 Å². The minimum absolute atomic E-state index is 0.0477. The molecular weight excluding hydrogens is 404 g/mol. The standard InChI is InChI=1S/C26H28N2O4/c1-16-5-6-18(17(2)26(16)19-7-10-24(30-3)28-14-19)13-27-21-8-9-22-20(11-25(29)31-4)15-32-23(22)12-21/h5-10,12,14,20,27H,11,13,15H2,1-4H3/t20-/m1/s1. The van der Waals surface area contributed by atoms with Gasteiger partial charge in [-0.2, -0.15) is 0 Å². The van der Waals surface area contributed by atoms with Gasteiger partial charge in [-0.3, -0.25) is 4.79 Å². The summed E-state index contributed by atoms with van der Waals surface area (Å²) in [6.45, 7) is 5.45. The van der Waals surface area contributed by atoms with E-state index in [1.54, 1.807) is 7.11 Å². The maximum Gasteiger partial charge on any atom is 0.306 e. The molecule has 0 fully saturated rings. The van der Waals surface area contributed by atoms with Gasteiger partial charge in [-0.1, -0.05) is 18.2 Å². The molecule has 0 spiro atoms. The molecule has 6 nitrogen and oxygen atoms in total. The van der Waals surface area contributed by atoms with Gasteiger partial charge in [-0.15, -0.1) is 0 Å². The van der Waals surface area contributed by atoms with E-state index in [4.69, 9.17) is 14.2 Å². The summed E-state index contributed by atoms with van der Waals surface area (Å²) in [6, 6.07) is 14.3. The molecule has 166 valence electrons. The normalized spacial score (nSPS) is 14.4. The lowest BCUT2D eigenvalue weighted by molar-refractivity contribution is -0.141. The van der Waals surface area contributed by atoms with Crippen LogP contribution in [-0.2, 0) is 16.1 Å². The Morgan fingerprint density at radius 2 is 2.00 bits per heavy atom. The van der Waals surface area contributed by atoms with E-state index in [-0.39, 0.29) is 11.9 Å². The number of aryl methyl sites for hydroxylation is 1. The zero-order chi connectivity index (χ0) is 22.7. The van der Waals surface area contributed by atoms with Crippen LogP contribution in [0.25, 0.3) is 11.1 Å². The third kappa shape index (κ3) is 4.40. The van der Waals surface area contributed by atoms with E-state index >= 15 is 0 Å². The van der Waals surface area contributed by atoms with Crippen LogP contribution in [0.15, 0.2) is 48.7 Å². The Kier molecular flexibility index (Phi) is 6.30. The van der Waals surface area contributed by atoms with E-state index in [9.17, 15) is 4.79 Å². The number of pyridine rings is 1. The number of aromatic nitrogens is 1. The van der Waals surface area contributed by atoms with Gasteiger partial charge in [0.1, 0.15) is 5.75 Å². The second kappa shape index (κ2) is 9.30. The SMILES string of the molecule is COC(=O)C[C@@H]1COc2cc(NCc3ccc(C)c(-c4ccc(OC)nc4)c3C)ccc21. The molecular formula is C26H28N2O4. The Morgan fingerprint density at radius 3 is 2.72 bits per heavy atom. The Bertz CT molecular complexity index is 1130. The van der Waals surface area contributed by atoms with Crippen molar-refractivity contribution in [3.05, 3.63) is 70.9 Å². The first-order chi connectivity index (χ1) is 15.5. The Labute approximate surface area is 188 Å². The largest absolute Gasteiger partial charge is 0.493 e. The van der Waals surface area contributed by atoms with Gasteiger partial charge in [0.05, 0.1) is 27.2 Å². The van der Waals surface area contributed by atoms with Crippen molar-refractivity contribution in [2.24, 2.45) is 0 Å². The molecule has 0 saturated heterocycles. The smallest absolute Gasteiger partial charge is 0.306 e. The van der Waals surface area contributed by atoms with E-state index in [2.05, 4.69) is 36.3 Å². The summed E-state index contributed by atoms with van der Waals surface area (Å²) in [5.41, 5.74) is 7.96. The topological polar surface area (TPSA) is 69.7 Å². The number of anilines is 1. The Morgan fingerprint density at radius 1 is 1.16 bits per heavy atom. The monoisotopic (exact) mass is 432 g/mol. The number of hydrogen-bond acceptors (Lipinski definition) is 6. The molecule has 0 amide bonds. The van der Waals surface area contributed by atoms with E-state index in [1.165, 1.54) is 29.4 Å². The molecule has 2 aromatic carbocycles. The van der Waals surface area contributed by atoms with Crippen LogP contribution in [0.3, 0.4) is 0 Å². The summed E-state index contributed by atoms with van der Waals surface area (Å²) in [7, 11) is 3.03.